The van der Waals surface area contributed by atoms with Gasteiger partial charge in [-0.15, -0.1) is 4.94 Å². The molecule has 0 bridgehead atoms. The summed E-state index contributed by atoms with van der Waals surface area (Å²) in [5, 5.41) is 0. The molecule has 0 aromatic heterocycles. The van der Waals surface area contributed by atoms with Gasteiger partial charge >= 0.3 is 12.2 Å². The number of ether oxygens (including phenoxy) is 1. The van der Waals surface area contributed by atoms with Gasteiger partial charge in [-0.1, -0.05) is 0 Å². The molecule has 8 heteroatoms. The molecule has 0 atom stereocenters. The Bertz CT molecular complexity index is 125. The van der Waals surface area contributed by atoms with E-state index < -0.39 is 19.1 Å². The van der Waals surface area contributed by atoms with Crippen LogP contribution in [0.1, 0.15) is 0 Å². The second-order valence-corrected chi connectivity index (χ2v) is 1.36. The van der Waals surface area contributed by atoms with Gasteiger partial charge in [0.25, 0.3) is 0 Å². The number of alkyl halides is 5. The summed E-state index contributed by atoms with van der Waals surface area (Å²) in [6.07, 6.45) is -10.8. The summed E-state index contributed by atoms with van der Waals surface area (Å²) in [5.41, 5.74) is 0. The zero-order valence-electron chi connectivity index (χ0n) is 4.79. The number of hydrogen-bond donors (Lipinski definition) is 0. The fourth-order valence-corrected chi connectivity index (χ4v) is 0.197. The van der Waals surface area contributed by atoms with Gasteiger partial charge < -0.3 is 0 Å². The third kappa shape index (κ3) is 2.22. The zero-order chi connectivity index (χ0) is 9.12. The fraction of sp³-hybridized carbons (Fsp3) is 1.00. The predicted molar refractivity (Wildman–Crippen MR) is 19.1 cm³/mol. The second-order valence-electron chi connectivity index (χ2n) is 1.36. The molecule has 0 saturated carbocycles. The molecule has 0 rings (SSSR count). The maximum Gasteiger partial charge on any atom is 0.478 e. The maximum absolute atomic E-state index is 11.6. The SMILES string of the molecule is FCOC(F)(F)C(F)(F)OF. The van der Waals surface area contributed by atoms with Crippen LogP contribution in [0.25, 0.3) is 0 Å². The van der Waals surface area contributed by atoms with Crippen molar-refractivity contribution in [1.29, 1.82) is 0 Å². The van der Waals surface area contributed by atoms with Crippen molar-refractivity contribution in [3.63, 3.8) is 0 Å². The Kier molecular flexibility index (Phi) is 3.12. The minimum absolute atomic E-state index is 1.58. The van der Waals surface area contributed by atoms with E-state index in [9.17, 15) is 26.5 Å². The van der Waals surface area contributed by atoms with Gasteiger partial charge in [0.15, 0.2) is 6.86 Å². The molecule has 11 heavy (non-hydrogen) atoms. The lowest BCUT2D eigenvalue weighted by Crippen LogP contribution is -2.43. The zero-order valence-corrected chi connectivity index (χ0v) is 4.79. The van der Waals surface area contributed by atoms with Gasteiger partial charge in [-0.05, 0) is 4.53 Å². The Hall–Kier alpha value is -0.500. The van der Waals surface area contributed by atoms with E-state index in [-0.39, 0.29) is 0 Å². The highest BCUT2D eigenvalue weighted by Crippen LogP contribution is 2.36. The molecule has 0 aliphatic carbocycles. The lowest BCUT2D eigenvalue weighted by Gasteiger charge is -2.19. The first-order valence-electron chi connectivity index (χ1n) is 2.12. The topological polar surface area (TPSA) is 18.5 Å². The number of rotatable bonds is 4. The van der Waals surface area contributed by atoms with Crippen LogP contribution in [-0.4, -0.2) is 19.1 Å². The molecule has 0 fully saturated rings. The molecule has 0 aliphatic heterocycles. The van der Waals surface area contributed by atoms with Crippen LogP contribution in [-0.2, 0) is 9.68 Å². The third-order valence-electron chi connectivity index (χ3n) is 0.672. The first kappa shape index (κ1) is 10.5. The predicted octanol–water partition coefficient (Wildman–Crippen LogP) is 2.02. The van der Waals surface area contributed by atoms with E-state index in [1.165, 1.54) is 0 Å². The van der Waals surface area contributed by atoms with Gasteiger partial charge in [0.1, 0.15) is 0 Å². The summed E-state index contributed by atoms with van der Waals surface area (Å²) in [7, 11) is 0. The second kappa shape index (κ2) is 3.26. The molecular formula is C3H2F6O2. The minimum Gasteiger partial charge on any atom is -0.281 e. The highest BCUT2D eigenvalue weighted by atomic mass is 19.4. The Labute approximate surface area is 56.6 Å². The highest BCUT2D eigenvalue weighted by Gasteiger charge is 2.61. The van der Waals surface area contributed by atoms with Gasteiger partial charge in [-0.3, -0.25) is 4.74 Å². The standard InChI is InChI=1S/C3H2F6O2/c4-1-10-2(5,6)3(7,8)11-9/h1H2. The summed E-state index contributed by atoms with van der Waals surface area (Å²) in [4.78, 5) is 1.58. The number of hydrogen-bond acceptors (Lipinski definition) is 2. The molecule has 0 radical (unpaired) electrons. The Morgan fingerprint density at radius 1 is 1.00 bits per heavy atom. The van der Waals surface area contributed by atoms with E-state index in [1.54, 1.807) is 4.94 Å². The van der Waals surface area contributed by atoms with Crippen molar-refractivity contribution in [3.8, 4) is 0 Å². The summed E-state index contributed by atoms with van der Waals surface area (Å²) >= 11 is 0. The van der Waals surface area contributed by atoms with Crippen LogP contribution in [0.2, 0.25) is 0 Å². The molecule has 0 aromatic carbocycles. The smallest absolute Gasteiger partial charge is 0.281 e. The van der Waals surface area contributed by atoms with Gasteiger partial charge in [0.2, 0.25) is 0 Å². The monoisotopic (exact) mass is 184 g/mol. The van der Waals surface area contributed by atoms with Crippen LogP contribution in [0.3, 0.4) is 0 Å². The molecular weight excluding hydrogens is 182 g/mol. The van der Waals surface area contributed by atoms with E-state index in [0.29, 0.717) is 0 Å². The minimum atomic E-state index is -5.47. The van der Waals surface area contributed by atoms with E-state index in [0.717, 1.165) is 0 Å². The Balaban J connectivity index is 4.26. The lowest BCUT2D eigenvalue weighted by molar-refractivity contribution is -0.483. The summed E-state index contributed by atoms with van der Waals surface area (Å²) in [6.45, 7) is -2.17. The quantitative estimate of drug-likeness (QED) is 0.622. The van der Waals surface area contributed by atoms with E-state index in [2.05, 4.69) is 4.74 Å². The van der Waals surface area contributed by atoms with Crippen molar-refractivity contribution in [2.45, 2.75) is 12.2 Å². The highest BCUT2D eigenvalue weighted by molar-refractivity contribution is 4.63. The molecule has 68 valence electrons. The van der Waals surface area contributed by atoms with Crippen molar-refractivity contribution in [2.24, 2.45) is 0 Å². The van der Waals surface area contributed by atoms with Crippen LogP contribution in [0.5, 0.6) is 0 Å². The summed E-state index contributed by atoms with van der Waals surface area (Å²) in [6, 6.07) is 0. The number of halogens is 6. The van der Waals surface area contributed by atoms with Crippen LogP contribution in [0.15, 0.2) is 0 Å². The average molecular weight is 184 g/mol. The van der Waals surface area contributed by atoms with Gasteiger partial charge in [0, 0.05) is 0 Å². The molecule has 0 heterocycles. The molecule has 0 N–H and O–H groups in total. The molecule has 0 aliphatic rings. The molecule has 0 saturated heterocycles. The fourth-order valence-electron chi connectivity index (χ4n) is 0.197. The third-order valence-corrected chi connectivity index (χ3v) is 0.672. The molecule has 2 nitrogen and oxygen atoms in total. The van der Waals surface area contributed by atoms with Crippen LogP contribution in [0, 0.1) is 0 Å². The molecule has 0 amide bonds. The van der Waals surface area contributed by atoms with Crippen molar-refractivity contribution < 1.29 is 36.2 Å². The van der Waals surface area contributed by atoms with E-state index >= 15 is 0 Å². The molecule has 0 unspecified atom stereocenters. The maximum atomic E-state index is 11.6. The van der Waals surface area contributed by atoms with Crippen LogP contribution in [0.4, 0.5) is 26.5 Å². The summed E-state index contributed by atoms with van der Waals surface area (Å²) < 4.78 is 70.4. The molecule has 0 spiro atoms. The first-order chi connectivity index (χ1) is 4.87. The van der Waals surface area contributed by atoms with Gasteiger partial charge in [0.05, 0.1) is 0 Å². The Morgan fingerprint density at radius 2 is 1.45 bits per heavy atom. The Morgan fingerprint density at radius 3 is 1.73 bits per heavy atom. The van der Waals surface area contributed by atoms with E-state index in [4.69, 9.17) is 0 Å². The first-order valence-corrected chi connectivity index (χ1v) is 2.12. The van der Waals surface area contributed by atoms with Crippen LogP contribution < -0.4 is 0 Å². The largest absolute Gasteiger partial charge is 0.478 e. The van der Waals surface area contributed by atoms with Crippen LogP contribution >= 0.6 is 0 Å². The van der Waals surface area contributed by atoms with Crippen molar-refractivity contribution in [1.82, 2.24) is 0 Å². The normalized spacial score (nSPS) is 13.6. The van der Waals surface area contributed by atoms with E-state index in [1.807, 2.05) is 0 Å². The molecule has 0 aromatic rings. The summed E-state index contributed by atoms with van der Waals surface area (Å²) in [5.74, 6) is 0. The van der Waals surface area contributed by atoms with Gasteiger partial charge in [-0.2, -0.15) is 17.6 Å². The lowest BCUT2D eigenvalue weighted by atomic mass is 10.6. The van der Waals surface area contributed by atoms with Crippen molar-refractivity contribution in [2.75, 3.05) is 6.86 Å². The van der Waals surface area contributed by atoms with Crippen molar-refractivity contribution in [3.05, 3.63) is 0 Å². The van der Waals surface area contributed by atoms with Gasteiger partial charge in [-0.25, -0.2) is 4.39 Å². The average Bonchev–Trinajstić information content (AvgIpc) is 1.87. The van der Waals surface area contributed by atoms with Crippen molar-refractivity contribution >= 4 is 0 Å².